The monoisotopic (exact) mass is 338 g/mol. The SMILES string of the molecule is COc1cc(C)c(C)cc1S(=O)(=O)NCCc1c(C)noc1C. The van der Waals surface area contributed by atoms with E-state index in [4.69, 9.17) is 9.26 Å². The minimum Gasteiger partial charge on any atom is -0.495 e. The third-order valence-corrected chi connectivity index (χ3v) is 5.40. The third kappa shape index (κ3) is 3.73. The molecule has 0 saturated heterocycles. The second-order valence-electron chi connectivity index (χ2n) is 5.54. The summed E-state index contributed by atoms with van der Waals surface area (Å²) in [5, 5.41) is 3.87. The highest BCUT2D eigenvalue weighted by atomic mass is 32.2. The number of benzene rings is 1. The topological polar surface area (TPSA) is 81.4 Å². The normalized spacial score (nSPS) is 11.7. The van der Waals surface area contributed by atoms with E-state index in [1.165, 1.54) is 7.11 Å². The molecule has 7 heteroatoms. The molecule has 0 saturated carbocycles. The molecule has 0 atom stereocenters. The van der Waals surface area contributed by atoms with Gasteiger partial charge in [-0.1, -0.05) is 5.16 Å². The molecule has 0 fully saturated rings. The molecule has 0 aliphatic carbocycles. The maximum absolute atomic E-state index is 12.5. The van der Waals surface area contributed by atoms with Crippen LogP contribution >= 0.6 is 0 Å². The number of nitrogens with one attached hydrogen (secondary N) is 1. The predicted molar refractivity (Wildman–Crippen MR) is 87.3 cm³/mol. The van der Waals surface area contributed by atoms with Gasteiger partial charge < -0.3 is 9.26 Å². The van der Waals surface area contributed by atoms with Crippen LogP contribution in [0, 0.1) is 27.7 Å². The molecule has 1 heterocycles. The number of rotatable bonds is 6. The fourth-order valence-corrected chi connectivity index (χ4v) is 3.65. The highest BCUT2D eigenvalue weighted by molar-refractivity contribution is 7.89. The van der Waals surface area contributed by atoms with Crippen LogP contribution in [-0.2, 0) is 16.4 Å². The molecule has 2 rings (SSSR count). The fourth-order valence-electron chi connectivity index (χ4n) is 2.38. The van der Waals surface area contributed by atoms with Gasteiger partial charge >= 0.3 is 0 Å². The third-order valence-electron chi connectivity index (χ3n) is 3.92. The van der Waals surface area contributed by atoms with Crippen LogP contribution in [0.25, 0.3) is 0 Å². The number of sulfonamides is 1. The highest BCUT2D eigenvalue weighted by Gasteiger charge is 2.20. The van der Waals surface area contributed by atoms with Crippen molar-refractivity contribution < 1.29 is 17.7 Å². The summed E-state index contributed by atoms with van der Waals surface area (Å²) in [7, 11) is -2.18. The van der Waals surface area contributed by atoms with Gasteiger partial charge in [0.15, 0.2) is 0 Å². The Balaban J connectivity index is 2.18. The molecule has 2 aromatic rings. The van der Waals surface area contributed by atoms with E-state index < -0.39 is 10.0 Å². The zero-order valence-electron chi connectivity index (χ0n) is 14.1. The van der Waals surface area contributed by atoms with Crippen LogP contribution in [-0.4, -0.2) is 27.2 Å². The van der Waals surface area contributed by atoms with E-state index in [1.807, 2.05) is 27.7 Å². The maximum Gasteiger partial charge on any atom is 0.244 e. The molecule has 1 aromatic heterocycles. The van der Waals surface area contributed by atoms with Crippen molar-refractivity contribution >= 4 is 10.0 Å². The molecule has 6 nitrogen and oxygen atoms in total. The van der Waals surface area contributed by atoms with Gasteiger partial charge in [0.25, 0.3) is 0 Å². The van der Waals surface area contributed by atoms with Gasteiger partial charge in [-0.3, -0.25) is 0 Å². The first kappa shape index (κ1) is 17.5. The van der Waals surface area contributed by atoms with Crippen molar-refractivity contribution in [2.24, 2.45) is 0 Å². The molecule has 0 unspecified atom stereocenters. The standard InChI is InChI=1S/C16H22N2O4S/c1-10-8-15(21-5)16(9-11(10)2)23(19,20)17-7-6-14-12(3)18-22-13(14)4/h8-9,17H,6-7H2,1-5H3. The van der Waals surface area contributed by atoms with Gasteiger partial charge in [-0.15, -0.1) is 0 Å². The lowest BCUT2D eigenvalue weighted by Crippen LogP contribution is -2.26. The molecule has 126 valence electrons. The van der Waals surface area contributed by atoms with Crippen LogP contribution in [0.3, 0.4) is 0 Å². The lowest BCUT2D eigenvalue weighted by molar-refractivity contribution is 0.392. The molecule has 0 radical (unpaired) electrons. The molecular weight excluding hydrogens is 316 g/mol. The van der Waals surface area contributed by atoms with E-state index in [-0.39, 0.29) is 11.4 Å². The minimum atomic E-state index is -3.65. The van der Waals surface area contributed by atoms with Crippen molar-refractivity contribution in [1.82, 2.24) is 9.88 Å². The van der Waals surface area contributed by atoms with Gasteiger partial charge in [0, 0.05) is 12.1 Å². The van der Waals surface area contributed by atoms with E-state index in [0.29, 0.717) is 17.9 Å². The summed E-state index contributed by atoms with van der Waals surface area (Å²) in [4.78, 5) is 0.155. The van der Waals surface area contributed by atoms with Crippen molar-refractivity contribution in [1.29, 1.82) is 0 Å². The van der Waals surface area contributed by atoms with Crippen molar-refractivity contribution in [3.8, 4) is 5.75 Å². The number of ether oxygens (including phenoxy) is 1. The Morgan fingerprint density at radius 1 is 1.17 bits per heavy atom. The molecular formula is C16H22N2O4S. The van der Waals surface area contributed by atoms with Gasteiger partial charge in [0.05, 0.1) is 12.8 Å². The molecule has 0 aliphatic rings. The van der Waals surface area contributed by atoms with E-state index in [9.17, 15) is 8.42 Å². The Hall–Kier alpha value is -1.86. The molecule has 0 amide bonds. The van der Waals surface area contributed by atoms with Crippen LogP contribution in [0.1, 0.15) is 28.1 Å². The first-order valence-electron chi connectivity index (χ1n) is 7.33. The summed E-state index contributed by atoms with van der Waals surface area (Å²) in [5.74, 6) is 1.06. The Labute approximate surface area is 136 Å². The number of aromatic nitrogens is 1. The Morgan fingerprint density at radius 2 is 1.83 bits per heavy atom. The Bertz CT molecular complexity index is 790. The van der Waals surface area contributed by atoms with Crippen molar-refractivity contribution in [2.75, 3.05) is 13.7 Å². The summed E-state index contributed by atoms with van der Waals surface area (Å²) in [6.45, 7) is 7.71. The lowest BCUT2D eigenvalue weighted by Gasteiger charge is -2.13. The predicted octanol–water partition coefficient (Wildman–Crippen LogP) is 2.44. The zero-order valence-corrected chi connectivity index (χ0v) is 14.9. The lowest BCUT2D eigenvalue weighted by atomic mass is 10.1. The number of nitrogens with zero attached hydrogens (tertiary/aromatic N) is 1. The van der Waals surface area contributed by atoms with E-state index in [1.54, 1.807) is 12.1 Å². The average Bonchev–Trinajstić information content (AvgIpc) is 2.81. The number of hydrogen-bond donors (Lipinski definition) is 1. The van der Waals surface area contributed by atoms with Crippen LogP contribution < -0.4 is 9.46 Å². The fraction of sp³-hybridized carbons (Fsp3) is 0.438. The molecule has 1 aromatic carbocycles. The summed E-state index contributed by atoms with van der Waals surface area (Å²) in [6, 6.07) is 3.37. The summed E-state index contributed by atoms with van der Waals surface area (Å²) < 4.78 is 38.0. The van der Waals surface area contributed by atoms with Gasteiger partial charge in [-0.25, -0.2) is 13.1 Å². The van der Waals surface area contributed by atoms with Crippen LogP contribution in [0.4, 0.5) is 0 Å². The largest absolute Gasteiger partial charge is 0.495 e. The number of aryl methyl sites for hydroxylation is 4. The van der Waals surface area contributed by atoms with Crippen LogP contribution in [0.5, 0.6) is 5.75 Å². The van der Waals surface area contributed by atoms with Crippen LogP contribution in [0.15, 0.2) is 21.6 Å². The van der Waals surface area contributed by atoms with Crippen molar-refractivity contribution in [3.05, 3.63) is 40.3 Å². The number of hydrogen-bond acceptors (Lipinski definition) is 5. The summed E-state index contributed by atoms with van der Waals surface area (Å²) >= 11 is 0. The van der Waals surface area contributed by atoms with Gasteiger partial charge in [-0.05, 0) is 57.4 Å². The quantitative estimate of drug-likeness (QED) is 0.875. The Morgan fingerprint density at radius 3 is 2.39 bits per heavy atom. The van der Waals surface area contributed by atoms with Crippen molar-refractivity contribution in [2.45, 2.75) is 39.0 Å². The molecule has 23 heavy (non-hydrogen) atoms. The zero-order chi connectivity index (χ0) is 17.2. The highest BCUT2D eigenvalue weighted by Crippen LogP contribution is 2.27. The molecule has 0 aliphatic heterocycles. The van der Waals surface area contributed by atoms with E-state index in [2.05, 4.69) is 9.88 Å². The first-order chi connectivity index (χ1) is 10.8. The smallest absolute Gasteiger partial charge is 0.244 e. The molecule has 0 bridgehead atoms. The second kappa shape index (κ2) is 6.72. The van der Waals surface area contributed by atoms with Crippen LogP contribution in [0.2, 0.25) is 0 Å². The van der Waals surface area contributed by atoms with Crippen molar-refractivity contribution in [3.63, 3.8) is 0 Å². The number of methoxy groups -OCH3 is 1. The van der Waals surface area contributed by atoms with E-state index in [0.717, 1.165) is 22.4 Å². The minimum absolute atomic E-state index is 0.155. The summed E-state index contributed by atoms with van der Waals surface area (Å²) in [6.07, 6.45) is 0.521. The van der Waals surface area contributed by atoms with Gasteiger partial charge in [0.2, 0.25) is 10.0 Å². The average molecular weight is 338 g/mol. The second-order valence-corrected chi connectivity index (χ2v) is 7.27. The first-order valence-corrected chi connectivity index (χ1v) is 8.81. The van der Waals surface area contributed by atoms with E-state index >= 15 is 0 Å². The summed E-state index contributed by atoms with van der Waals surface area (Å²) in [5.41, 5.74) is 3.60. The molecule has 0 spiro atoms. The van der Waals surface area contributed by atoms with Gasteiger partial charge in [0.1, 0.15) is 16.4 Å². The molecule has 1 N–H and O–H groups in total. The van der Waals surface area contributed by atoms with Gasteiger partial charge in [-0.2, -0.15) is 0 Å². The maximum atomic E-state index is 12.5. The Kier molecular flexibility index (Phi) is 5.11.